The first-order valence-corrected chi connectivity index (χ1v) is 19.3. The zero-order valence-corrected chi connectivity index (χ0v) is 31.7. The number of alkyl halides is 3. The van der Waals surface area contributed by atoms with Crippen LogP contribution < -0.4 is 4.90 Å². The Labute approximate surface area is 338 Å². The summed E-state index contributed by atoms with van der Waals surface area (Å²) in [4.78, 5) is 31.8. The molecule has 0 N–H and O–H groups in total. The Morgan fingerprint density at radius 3 is 1.66 bits per heavy atom. The molecule has 7 heteroatoms. The van der Waals surface area contributed by atoms with Crippen LogP contribution in [0.1, 0.15) is 31.8 Å². The minimum absolute atomic E-state index is 0.209. The van der Waals surface area contributed by atoms with Crippen LogP contribution in [0.25, 0.3) is 72.0 Å². The molecular weight excluding hydrogens is 742 g/mol. The Kier molecular flexibility index (Phi) is 8.42. The van der Waals surface area contributed by atoms with Crippen molar-refractivity contribution in [2.75, 3.05) is 4.90 Å². The molecule has 2 heterocycles. The first kappa shape index (κ1) is 35.9. The predicted octanol–water partition coefficient (Wildman–Crippen LogP) is 13.6. The topological polar surface area (TPSA) is 42.3 Å². The van der Waals surface area contributed by atoms with E-state index in [2.05, 4.69) is 0 Å². The van der Waals surface area contributed by atoms with Crippen LogP contribution in [0.5, 0.6) is 0 Å². The zero-order valence-electron chi connectivity index (χ0n) is 31.7. The number of amides is 2. The number of imide groups is 1. The lowest BCUT2D eigenvalue weighted by atomic mass is 9.90. The fourth-order valence-corrected chi connectivity index (χ4v) is 8.61. The summed E-state index contributed by atoms with van der Waals surface area (Å²) in [6.07, 6.45) is -4.55. The van der Waals surface area contributed by atoms with Gasteiger partial charge in [-0.25, -0.2) is 4.90 Å². The van der Waals surface area contributed by atoms with Gasteiger partial charge < -0.3 is 4.57 Å². The number of carbonyl (C=O) groups is 2. The number of hydrogen-bond donors (Lipinski definition) is 0. The van der Waals surface area contributed by atoms with Gasteiger partial charge in [0, 0.05) is 27.5 Å². The van der Waals surface area contributed by atoms with Crippen molar-refractivity contribution in [2.24, 2.45) is 0 Å². The van der Waals surface area contributed by atoms with Gasteiger partial charge in [-0.2, -0.15) is 13.2 Å². The molecule has 0 spiro atoms. The van der Waals surface area contributed by atoms with E-state index in [-0.39, 0.29) is 11.1 Å². The van der Waals surface area contributed by atoms with Crippen LogP contribution in [0.3, 0.4) is 0 Å². The molecule has 10 rings (SSSR count). The highest BCUT2D eigenvalue weighted by Crippen LogP contribution is 2.48. The van der Waals surface area contributed by atoms with E-state index in [1.807, 2.05) is 156 Å². The smallest absolute Gasteiger partial charge is 0.308 e. The van der Waals surface area contributed by atoms with Gasteiger partial charge in [-0.05, 0) is 82.8 Å². The number of fused-ring (bicyclic) bond motifs is 4. The van der Waals surface area contributed by atoms with Crippen LogP contribution >= 0.6 is 0 Å². The number of carbonyl (C=O) groups excluding carboxylic acids is 2. The SMILES string of the molecule is Cc1cc(-c2cccc3c4ccccc4n(-c4cccc5c4C(=O)N(c4c(-c6ccccc6)cc(-c6ccccc6)cc4-c4ccccc4)C5=O)c23)cc(C(F)(F)F)c1. The van der Waals surface area contributed by atoms with E-state index in [1.54, 1.807) is 25.1 Å². The van der Waals surface area contributed by atoms with E-state index in [4.69, 9.17) is 0 Å². The number of nitrogens with zero attached hydrogens (tertiary/aromatic N) is 2. The summed E-state index contributed by atoms with van der Waals surface area (Å²) in [6, 6.07) is 56.1. The van der Waals surface area contributed by atoms with E-state index >= 15 is 9.59 Å². The summed E-state index contributed by atoms with van der Waals surface area (Å²) in [7, 11) is 0. The summed E-state index contributed by atoms with van der Waals surface area (Å²) in [6.45, 7) is 1.65. The molecule has 0 saturated carbocycles. The van der Waals surface area contributed by atoms with Crippen molar-refractivity contribution in [2.45, 2.75) is 13.1 Å². The quantitative estimate of drug-likeness (QED) is 0.158. The predicted molar refractivity (Wildman–Crippen MR) is 230 cm³/mol. The van der Waals surface area contributed by atoms with Crippen molar-refractivity contribution in [1.29, 1.82) is 0 Å². The maximum atomic E-state index is 15.4. The van der Waals surface area contributed by atoms with Gasteiger partial charge in [0.1, 0.15) is 0 Å². The molecule has 9 aromatic rings. The van der Waals surface area contributed by atoms with Crippen LogP contribution in [0.15, 0.2) is 182 Å². The Bertz CT molecular complexity index is 3070. The number of hydrogen-bond acceptors (Lipinski definition) is 2. The minimum Gasteiger partial charge on any atom is -0.308 e. The van der Waals surface area contributed by atoms with Crippen molar-refractivity contribution < 1.29 is 22.8 Å². The molecule has 284 valence electrons. The zero-order chi connectivity index (χ0) is 40.4. The standard InChI is InChI=1S/C52H33F3N2O2/c1-32-27-37(29-38(28-32)52(53,54)55)39-22-13-23-41-40-21-11-12-25-45(40)56(48(39)41)46-26-14-24-42-47(46)51(59)57(50(42)58)49-43(34-17-7-3-8-18-34)30-36(33-15-5-2-6-16-33)31-44(49)35-19-9-4-10-20-35/h2-31H,1H3. The molecule has 1 aromatic heterocycles. The van der Waals surface area contributed by atoms with Gasteiger partial charge in [0.2, 0.25) is 0 Å². The van der Waals surface area contributed by atoms with Gasteiger partial charge in [-0.15, -0.1) is 0 Å². The van der Waals surface area contributed by atoms with Crippen LogP contribution in [-0.4, -0.2) is 16.4 Å². The molecule has 2 amide bonds. The first-order valence-electron chi connectivity index (χ1n) is 19.3. The van der Waals surface area contributed by atoms with Crippen molar-refractivity contribution in [3.63, 3.8) is 0 Å². The van der Waals surface area contributed by atoms with Crippen LogP contribution in [0.4, 0.5) is 18.9 Å². The lowest BCUT2D eigenvalue weighted by molar-refractivity contribution is -0.137. The third-order valence-electron chi connectivity index (χ3n) is 11.2. The molecule has 1 aliphatic rings. The van der Waals surface area contributed by atoms with Crippen molar-refractivity contribution >= 4 is 39.3 Å². The second kappa shape index (κ2) is 13.9. The maximum absolute atomic E-state index is 15.4. The summed E-state index contributed by atoms with van der Waals surface area (Å²) in [5.41, 5.74) is 8.39. The molecule has 59 heavy (non-hydrogen) atoms. The third kappa shape index (κ3) is 5.93. The van der Waals surface area contributed by atoms with Crippen molar-refractivity contribution in [3.8, 4) is 50.2 Å². The second-order valence-corrected chi connectivity index (χ2v) is 14.8. The van der Waals surface area contributed by atoms with Crippen LogP contribution in [0.2, 0.25) is 0 Å². The average Bonchev–Trinajstić information content (AvgIpc) is 3.74. The first-order chi connectivity index (χ1) is 28.7. The Morgan fingerprint density at radius 1 is 0.458 bits per heavy atom. The van der Waals surface area contributed by atoms with Crippen molar-refractivity contribution in [3.05, 3.63) is 204 Å². The number of aromatic nitrogens is 1. The van der Waals surface area contributed by atoms with Gasteiger partial charge in [-0.1, -0.05) is 140 Å². The lowest BCUT2D eigenvalue weighted by Gasteiger charge is -2.24. The Morgan fingerprint density at radius 2 is 1.02 bits per heavy atom. The van der Waals surface area contributed by atoms with Crippen molar-refractivity contribution in [1.82, 2.24) is 4.57 Å². The Balaban J connectivity index is 1.24. The molecule has 0 radical (unpaired) electrons. The molecule has 0 unspecified atom stereocenters. The number of aryl methyl sites for hydroxylation is 1. The van der Waals surface area contributed by atoms with Gasteiger partial charge in [0.25, 0.3) is 11.8 Å². The highest BCUT2D eigenvalue weighted by atomic mass is 19.4. The van der Waals surface area contributed by atoms with E-state index in [0.29, 0.717) is 44.7 Å². The fraction of sp³-hybridized carbons (Fsp3) is 0.0385. The molecule has 0 fully saturated rings. The number of anilines is 1. The van der Waals surface area contributed by atoms with Crippen LogP contribution in [0, 0.1) is 6.92 Å². The van der Waals surface area contributed by atoms with Gasteiger partial charge in [0.05, 0.1) is 39.1 Å². The van der Waals surface area contributed by atoms with Crippen LogP contribution in [-0.2, 0) is 6.18 Å². The van der Waals surface area contributed by atoms with E-state index in [0.717, 1.165) is 44.6 Å². The molecular formula is C52H33F3N2O2. The molecule has 4 nitrogen and oxygen atoms in total. The normalized spacial score (nSPS) is 12.8. The Hall–Kier alpha value is -7.51. The number of halogens is 3. The third-order valence-corrected chi connectivity index (χ3v) is 11.2. The highest BCUT2D eigenvalue weighted by molar-refractivity contribution is 6.37. The summed E-state index contributed by atoms with van der Waals surface area (Å²) < 4.78 is 44.5. The minimum atomic E-state index is -4.55. The van der Waals surface area contributed by atoms with E-state index < -0.39 is 23.6 Å². The molecule has 1 aliphatic heterocycles. The lowest BCUT2D eigenvalue weighted by Crippen LogP contribution is -2.30. The van der Waals surface area contributed by atoms with Gasteiger partial charge >= 0.3 is 6.18 Å². The largest absolute Gasteiger partial charge is 0.416 e. The van der Waals surface area contributed by atoms with E-state index in [1.165, 1.54) is 11.0 Å². The monoisotopic (exact) mass is 774 g/mol. The average molecular weight is 775 g/mol. The molecule has 0 atom stereocenters. The second-order valence-electron chi connectivity index (χ2n) is 14.8. The summed E-state index contributed by atoms with van der Waals surface area (Å²) >= 11 is 0. The summed E-state index contributed by atoms with van der Waals surface area (Å²) in [5, 5.41) is 1.65. The number of benzene rings is 8. The maximum Gasteiger partial charge on any atom is 0.416 e. The molecule has 0 aliphatic carbocycles. The number of para-hydroxylation sites is 2. The molecule has 0 bridgehead atoms. The number of rotatable bonds is 6. The molecule has 8 aromatic carbocycles. The summed E-state index contributed by atoms with van der Waals surface area (Å²) in [5.74, 6) is -0.969. The van der Waals surface area contributed by atoms with E-state index in [9.17, 15) is 13.2 Å². The highest BCUT2D eigenvalue weighted by Gasteiger charge is 2.42. The van der Waals surface area contributed by atoms with Gasteiger partial charge in [0.15, 0.2) is 0 Å². The molecule has 0 saturated heterocycles. The fourth-order valence-electron chi connectivity index (χ4n) is 8.61. The van der Waals surface area contributed by atoms with Gasteiger partial charge in [-0.3, -0.25) is 9.59 Å².